The molecule has 2 aromatic carbocycles. The van der Waals surface area contributed by atoms with E-state index in [4.69, 9.17) is 40.7 Å². The molecule has 19 heteroatoms. The smallest absolute Gasteiger partial charge is 0.759 e. The fourth-order valence-corrected chi connectivity index (χ4v) is 5.60. The average Bonchev–Trinajstić information content (AvgIpc) is 2.68. The van der Waals surface area contributed by atoms with Gasteiger partial charge in [-0.2, -0.15) is 0 Å². The Morgan fingerprint density at radius 1 is 1.08 bits per heavy atom. The van der Waals surface area contributed by atoms with Crippen LogP contribution in [0.25, 0.3) is 0 Å². The molecule has 190 valence electrons. The third-order valence-corrected chi connectivity index (χ3v) is 8.40. The summed E-state index contributed by atoms with van der Waals surface area (Å²) in [6.45, 7) is 2.61. The molecule has 0 aliphatic carbocycles. The van der Waals surface area contributed by atoms with E-state index in [9.17, 15) is 26.4 Å². The van der Waals surface area contributed by atoms with Crippen LogP contribution in [0.1, 0.15) is 29.8 Å². The summed E-state index contributed by atoms with van der Waals surface area (Å²) in [7, 11) is -8.93. The summed E-state index contributed by atoms with van der Waals surface area (Å²) in [6, 6.07) is 5.68. The molecule has 0 spiro atoms. The van der Waals surface area contributed by atoms with Crippen LogP contribution >= 0.6 is 39.1 Å². The van der Waals surface area contributed by atoms with Gasteiger partial charge < -0.3 is 13.7 Å². The molecule has 0 heterocycles. The van der Waals surface area contributed by atoms with Gasteiger partial charge in [-0.3, -0.25) is 21.7 Å². The first kappa shape index (κ1) is 39.0. The molecule has 0 amide bonds. The number of halogens is 4. The van der Waals surface area contributed by atoms with Gasteiger partial charge in [0.15, 0.2) is 15.6 Å². The van der Waals surface area contributed by atoms with Crippen molar-refractivity contribution >= 4 is 82.1 Å². The van der Waals surface area contributed by atoms with Crippen LogP contribution in [0, 0.1) is 5.82 Å². The van der Waals surface area contributed by atoms with Crippen LogP contribution in [0.3, 0.4) is 0 Å². The van der Waals surface area contributed by atoms with Gasteiger partial charge in [-0.15, -0.1) is 0 Å². The summed E-state index contributed by atoms with van der Waals surface area (Å²) in [4.78, 5) is 12.8. The molecule has 2 aromatic rings. The molecule has 36 heavy (non-hydrogen) atoms. The van der Waals surface area contributed by atoms with Gasteiger partial charge in [0.05, 0.1) is 15.7 Å². The Morgan fingerprint density at radius 2 is 1.58 bits per heavy atom. The molecule has 0 saturated carbocycles. The Balaban J connectivity index is 0. The van der Waals surface area contributed by atoms with Crippen LogP contribution in [0.15, 0.2) is 34.8 Å². The third kappa shape index (κ3) is 11.5. The number of benzene rings is 2. The molecule has 2 rings (SSSR count). The minimum atomic E-state index is -5.17. The van der Waals surface area contributed by atoms with Gasteiger partial charge in [-0.05, 0) is 53.2 Å². The predicted molar refractivity (Wildman–Crippen MR) is 125 cm³/mol. The van der Waals surface area contributed by atoms with E-state index >= 15 is 0 Å². The molecule has 10 nitrogen and oxygen atoms in total. The average molecular weight is 688 g/mol. The molecule has 0 aliphatic heterocycles. The minimum absolute atomic E-state index is 0. The van der Waals surface area contributed by atoms with Crippen LogP contribution in [0.4, 0.5) is 10.1 Å². The summed E-state index contributed by atoms with van der Waals surface area (Å²) in [5, 5.41) is -1.69. The van der Waals surface area contributed by atoms with Gasteiger partial charge in [0.25, 0.3) is 0 Å². The molecule has 2 atom stereocenters. The van der Waals surface area contributed by atoms with Crippen molar-refractivity contribution in [3.63, 3.8) is 0 Å². The largest absolute Gasteiger partial charge is 1.00 e. The maximum atomic E-state index is 13.2. The van der Waals surface area contributed by atoms with Crippen molar-refractivity contribution < 1.29 is 103 Å². The number of carbonyl (C=O) groups is 1. The first-order valence-electron chi connectivity index (χ1n) is 8.66. The molecular weight excluding hydrogens is 674 g/mol. The first-order valence-corrected chi connectivity index (χ1v) is 14.3. The van der Waals surface area contributed by atoms with Crippen molar-refractivity contribution in [3.05, 3.63) is 61.8 Å². The van der Waals surface area contributed by atoms with E-state index in [-0.39, 0.29) is 96.2 Å². The normalized spacial score (nSPS) is 12.7. The Labute approximate surface area is 272 Å². The molecule has 0 N–H and O–H groups in total. The van der Waals surface area contributed by atoms with Crippen molar-refractivity contribution in [3.8, 4) is 0 Å². The summed E-state index contributed by atoms with van der Waals surface area (Å²) < 4.78 is 95.9. The minimum Gasteiger partial charge on any atom is -0.759 e. The van der Waals surface area contributed by atoms with Crippen LogP contribution < -0.4 is 63.4 Å². The van der Waals surface area contributed by atoms with E-state index in [0.29, 0.717) is 4.31 Å². The van der Waals surface area contributed by atoms with Gasteiger partial charge in [-0.25, -0.2) is 12.8 Å². The number of anilines is 1. The third-order valence-electron chi connectivity index (χ3n) is 4.11. The molecular formula is C17H14BrCl2FNNa2O9S3-. The summed E-state index contributed by atoms with van der Waals surface area (Å²) in [6.07, 6.45) is 0. The number of sulfone groups is 1. The number of ketones is 1. The molecule has 2 unspecified atom stereocenters. The number of nitrogens with zero attached hydrogens (tertiary/aromatic N) is 1. The predicted octanol–water partition coefficient (Wildman–Crippen LogP) is -2.82. The van der Waals surface area contributed by atoms with E-state index in [1.807, 2.05) is 0 Å². The summed E-state index contributed by atoms with van der Waals surface area (Å²) >= 11 is 12.3. The van der Waals surface area contributed by atoms with E-state index < -0.39 is 48.5 Å². The van der Waals surface area contributed by atoms with Gasteiger partial charge in [0.1, 0.15) is 11.2 Å². The maximum Gasteiger partial charge on any atom is 1.00 e. The molecule has 0 aliphatic rings. The summed E-state index contributed by atoms with van der Waals surface area (Å²) in [5.41, 5.74) is -0.0724. The van der Waals surface area contributed by atoms with Gasteiger partial charge >= 0.3 is 59.1 Å². The quantitative estimate of drug-likeness (QED) is 0.0978. The van der Waals surface area contributed by atoms with E-state index in [1.165, 1.54) is 32.0 Å². The number of carbonyl (C=O) groups excluding carboxylic acids is 1. The van der Waals surface area contributed by atoms with E-state index in [0.717, 1.165) is 12.1 Å². The SMILES string of the molecule is CCS(=O)(=O)C(C)N(c1cc(Br)c(C(=O)c2ccc(F)cc2Cl)cc1Cl)S(=O)[O-].O=S(=O)([O-])[O-].[Na+].[Na+]. The zero-order valence-corrected chi connectivity index (χ0v) is 28.6. The summed E-state index contributed by atoms with van der Waals surface area (Å²) in [5.74, 6) is -1.47. The fourth-order valence-electron chi connectivity index (χ4n) is 2.48. The van der Waals surface area contributed by atoms with Crippen LogP contribution in [-0.2, 0) is 31.5 Å². The molecule has 0 bridgehead atoms. The van der Waals surface area contributed by atoms with Crippen LogP contribution in [0.2, 0.25) is 10.0 Å². The second-order valence-electron chi connectivity index (χ2n) is 6.24. The molecule has 0 radical (unpaired) electrons. The number of hydrogen-bond acceptors (Lipinski definition) is 9. The second-order valence-corrected chi connectivity index (χ2v) is 12.1. The van der Waals surface area contributed by atoms with E-state index in [1.54, 1.807) is 0 Å². The molecule has 0 fully saturated rings. The zero-order chi connectivity index (χ0) is 26.6. The Bertz CT molecular complexity index is 1330. The standard InChI is InChI=1S/C17H15BrCl2FNO5S2.2Na.H2O4S/c1-3-29(26,27)9(2)22(28(24)25)16-8-13(18)12(7-15(16)20)17(23)11-5-4-10(21)6-14(11)19;;;1-5(2,3)4/h4-9H,3H2,1-2H3,(H,24,25);;;(H2,1,2,3,4)/q;2*+1;/p-3. The topological polar surface area (TPSA) is 175 Å². The number of hydrogen-bond donors (Lipinski definition) is 0. The van der Waals surface area contributed by atoms with Crippen LogP contribution in [0.5, 0.6) is 0 Å². The van der Waals surface area contributed by atoms with Crippen molar-refractivity contribution in [1.82, 2.24) is 0 Å². The van der Waals surface area contributed by atoms with Crippen molar-refractivity contribution in [1.29, 1.82) is 0 Å². The Hall–Kier alpha value is 0.830. The first-order chi connectivity index (χ1) is 15.4. The number of rotatable bonds is 7. The van der Waals surface area contributed by atoms with Crippen molar-refractivity contribution in [2.45, 2.75) is 19.2 Å². The van der Waals surface area contributed by atoms with Gasteiger partial charge in [0, 0.05) is 43.0 Å². The fraction of sp³-hybridized carbons (Fsp3) is 0.235. The van der Waals surface area contributed by atoms with Gasteiger partial charge in [0.2, 0.25) is 0 Å². The Kier molecular flexibility index (Phi) is 17.5. The van der Waals surface area contributed by atoms with Crippen molar-refractivity contribution in [2.24, 2.45) is 0 Å². The van der Waals surface area contributed by atoms with Crippen LogP contribution in [-0.4, -0.2) is 51.6 Å². The molecule has 0 aromatic heterocycles. The maximum absolute atomic E-state index is 13.2. The Morgan fingerprint density at radius 3 is 2.00 bits per heavy atom. The van der Waals surface area contributed by atoms with E-state index in [2.05, 4.69) is 15.9 Å². The van der Waals surface area contributed by atoms with Gasteiger partial charge in [-0.1, -0.05) is 30.1 Å². The zero-order valence-electron chi connectivity index (χ0n) is 19.0. The second kappa shape index (κ2) is 16.2. The monoisotopic (exact) mass is 686 g/mol. The molecule has 0 saturated heterocycles. The van der Waals surface area contributed by atoms with Crippen molar-refractivity contribution in [2.75, 3.05) is 10.1 Å².